The van der Waals surface area contributed by atoms with Crippen LogP contribution >= 0.6 is 11.6 Å². The quantitative estimate of drug-likeness (QED) is 0.608. The number of benzene rings is 2. The monoisotopic (exact) mass is 382 g/mol. The minimum absolute atomic E-state index is 0.0558. The number of hydrogen-bond donors (Lipinski definition) is 0. The highest BCUT2D eigenvalue weighted by Gasteiger charge is 2.31. The largest absolute Gasteiger partial charge is 0.454 e. The standard InChI is InChI=1S/C17H10ClF3N2O3/c18-13-7-2-1-6-12(13)15-22-14(23-26-15)9-25-16(24)10-4-3-5-11(8-10)17(19,20)21/h1-8H,9H2. The molecule has 9 heteroatoms. The third-order valence-corrected chi connectivity index (χ3v) is 3.66. The van der Waals surface area contributed by atoms with Crippen molar-refractivity contribution in [3.63, 3.8) is 0 Å². The van der Waals surface area contributed by atoms with Gasteiger partial charge in [0.25, 0.3) is 5.89 Å². The van der Waals surface area contributed by atoms with Crippen LogP contribution in [0.1, 0.15) is 21.7 Å². The maximum absolute atomic E-state index is 12.7. The molecule has 0 amide bonds. The maximum atomic E-state index is 12.7. The third-order valence-electron chi connectivity index (χ3n) is 3.33. The number of hydrogen-bond acceptors (Lipinski definition) is 5. The normalized spacial score (nSPS) is 11.4. The zero-order chi connectivity index (χ0) is 18.7. The SMILES string of the molecule is O=C(OCc1noc(-c2ccccc2Cl)n1)c1cccc(C(F)(F)F)c1. The number of aromatic nitrogens is 2. The summed E-state index contributed by atoms with van der Waals surface area (Å²) in [5.41, 5.74) is -0.653. The Morgan fingerprint density at radius 1 is 1.15 bits per heavy atom. The van der Waals surface area contributed by atoms with Crippen LogP contribution in [0.15, 0.2) is 53.1 Å². The number of carbonyl (C=O) groups excluding carboxylic acids is 1. The highest BCUT2D eigenvalue weighted by Crippen LogP contribution is 2.30. The second-order valence-corrected chi connectivity index (χ2v) is 5.56. The summed E-state index contributed by atoms with van der Waals surface area (Å²) < 4.78 is 48.0. The summed E-state index contributed by atoms with van der Waals surface area (Å²) in [7, 11) is 0. The Labute approximate surface area is 150 Å². The Hall–Kier alpha value is -2.87. The Morgan fingerprint density at radius 2 is 1.92 bits per heavy atom. The fraction of sp³-hybridized carbons (Fsp3) is 0.118. The molecule has 0 bridgehead atoms. The minimum Gasteiger partial charge on any atom is -0.454 e. The molecular formula is C17H10ClF3N2O3. The lowest BCUT2D eigenvalue weighted by atomic mass is 10.1. The molecule has 2 aromatic carbocycles. The van der Waals surface area contributed by atoms with Crippen molar-refractivity contribution in [2.75, 3.05) is 0 Å². The molecule has 0 aliphatic heterocycles. The maximum Gasteiger partial charge on any atom is 0.416 e. The van der Waals surface area contributed by atoms with Crippen molar-refractivity contribution in [3.8, 4) is 11.5 Å². The van der Waals surface area contributed by atoms with Crippen LogP contribution in [-0.2, 0) is 17.5 Å². The van der Waals surface area contributed by atoms with Crippen LogP contribution in [0.5, 0.6) is 0 Å². The van der Waals surface area contributed by atoms with Crippen LogP contribution < -0.4 is 0 Å². The van der Waals surface area contributed by atoms with E-state index in [0.29, 0.717) is 16.7 Å². The van der Waals surface area contributed by atoms with Crippen LogP contribution in [0.2, 0.25) is 5.02 Å². The molecule has 0 saturated carbocycles. The molecule has 0 spiro atoms. The van der Waals surface area contributed by atoms with E-state index in [1.54, 1.807) is 24.3 Å². The first-order valence-corrected chi connectivity index (χ1v) is 7.64. The molecule has 3 aromatic rings. The third kappa shape index (κ3) is 4.02. The van der Waals surface area contributed by atoms with Gasteiger partial charge >= 0.3 is 12.1 Å². The van der Waals surface area contributed by atoms with Gasteiger partial charge in [-0.3, -0.25) is 0 Å². The predicted molar refractivity (Wildman–Crippen MR) is 85.3 cm³/mol. The summed E-state index contributed by atoms with van der Waals surface area (Å²) in [6.07, 6.45) is -4.55. The van der Waals surface area contributed by atoms with Gasteiger partial charge in [0.05, 0.1) is 21.7 Å². The van der Waals surface area contributed by atoms with Gasteiger partial charge < -0.3 is 9.26 Å². The molecule has 0 saturated heterocycles. The Kier molecular flexibility index (Phi) is 4.94. The fourth-order valence-electron chi connectivity index (χ4n) is 2.09. The minimum atomic E-state index is -4.55. The molecule has 134 valence electrons. The van der Waals surface area contributed by atoms with E-state index < -0.39 is 17.7 Å². The first-order chi connectivity index (χ1) is 12.3. The van der Waals surface area contributed by atoms with Crippen LogP contribution in [0, 0.1) is 0 Å². The first-order valence-electron chi connectivity index (χ1n) is 7.26. The molecule has 1 heterocycles. The lowest BCUT2D eigenvalue weighted by Gasteiger charge is -2.08. The van der Waals surface area contributed by atoms with Crippen LogP contribution in [0.25, 0.3) is 11.5 Å². The molecule has 0 unspecified atom stereocenters. The van der Waals surface area contributed by atoms with E-state index in [4.69, 9.17) is 20.9 Å². The molecule has 0 N–H and O–H groups in total. The number of halogens is 4. The molecule has 0 radical (unpaired) electrons. The topological polar surface area (TPSA) is 65.2 Å². The number of ether oxygens (including phenoxy) is 1. The summed E-state index contributed by atoms with van der Waals surface area (Å²) in [5, 5.41) is 4.06. The summed E-state index contributed by atoms with van der Waals surface area (Å²) in [4.78, 5) is 16.0. The Balaban J connectivity index is 1.68. The van der Waals surface area contributed by atoms with Gasteiger partial charge in [0.2, 0.25) is 5.82 Å². The van der Waals surface area contributed by atoms with Gasteiger partial charge in [0, 0.05) is 0 Å². The van der Waals surface area contributed by atoms with Crippen molar-refractivity contribution >= 4 is 17.6 Å². The number of alkyl halides is 3. The van der Waals surface area contributed by atoms with Gasteiger partial charge in [-0.2, -0.15) is 18.2 Å². The number of rotatable bonds is 4. The van der Waals surface area contributed by atoms with Crippen molar-refractivity contribution in [1.82, 2.24) is 10.1 Å². The number of nitrogens with zero attached hydrogens (tertiary/aromatic N) is 2. The van der Waals surface area contributed by atoms with Gasteiger partial charge in [-0.1, -0.05) is 35.0 Å². The average molecular weight is 383 g/mol. The highest BCUT2D eigenvalue weighted by atomic mass is 35.5. The summed E-state index contributed by atoms with van der Waals surface area (Å²) in [6.45, 7) is -0.358. The second kappa shape index (κ2) is 7.17. The fourth-order valence-corrected chi connectivity index (χ4v) is 2.31. The predicted octanol–water partition coefficient (Wildman–Crippen LogP) is 4.77. The Morgan fingerprint density at radius 3 is 2.65 bits per heavy atom. The van der Waals surface area contributed by atoms with Gasteiger partial charge in [-0.05, 0) is 30.3 Å². The van der Waals surface area contributed by atoms with Crippen molar-refractivity contribution in [2.24, 2.45) is 0 Å². The van der Waals surface area contributed by atoms with Crippen LogP contribution in [0.4, 0.5) is 13.2 Å². The van der Waals surface area contributed by atoms with Crippen LogP contribution in [0.3, 0.4) is 0 Å². The summed E-state index contributed by atoms with van der Waals surface area (Å²) in [5.74, 6) is -0.735. The molecule has 0 aliphatic carbocycles. The Bertz CT molecular complexity index is 941. The highest BCUT2D eigenvalue weighted by molar-refractivity contribution is 6.33. The summed E-state index contributed by atoms with van der Waals surface area (Å²) in [6, 6.07) is 10.7. The van der Waals surface area contributed by atoms with E-state index in [-0.39, 0.29) is 23.9 Å². The van der Waals surface area contributed by atoms with Crippen LogP contribution in [-0.4, -0.2) is 16.1 Å². The smallest absolute Gasteiger partial charge is 0.416 e. The average Bonchev–Trinajstić information content (AvgIpc) is 3.08. The molecule has 26 heavy (non-hydrogen) atoms. The van der Waals surface area contributed by atoms with Gasteiger partial charge in [-0.15, -0.1) is 0 Å². The zero-order valence-electron chi connectivity index (χ0n) is 13.0. The molecule has 1 aromatic heterocycles. The lowest BCUT2D eigenvalue weighted by Crippen LogP contribution is -2.10. The summed E-state index contributed by atoms with van der Waals surface area (Å²) >= 11 is 6.02. The van der Waals surface area contributed by atoms with E-state index in [0.717, 1.165) is 12.1 Å². The zero-order valence-corrected chi connectivity index (χ0v) is 13.7. The van der Waals surface area contributed by atoms with Crippen molar-refractivity contribution in [2.45, 2.75) is 12.8 Å². The molecule has 3 rings (SSSR count). The van der Waals surface area contributed by atoms with E-state index in [9.17, 15) is 18.0 Å². The van der Waals surface area contributed by atoms with Crippen molar-refractivity contribution in [3.05, 3.63) is 70.5 Å². The van der Waals surface area contributed by atoms with Gasteiger partial charge in [0.15, 0.2) is 6.61 Å². The molecule has 0 atom stereocenters. The molecular weight excluding hydrogens is 373 g/mol. The van der Waals surface area contributed by atoms with E-state index in [2.05, 4.69) is 10.1 Å². The lowest BCUT2D eigenvalue weighted by molar-refractivity contribution is -0.137. The van der Waals surface area contributed by atoms with E-state index >= 15 is 0 Å². The second-order valence-electron chi connectivity index (χ2n) is 5.15. The molecule has 0 aliphatic rings. The van der Waals surface area contributed by atoms with Gasteiger partial charge in [0.1, 0.15) is 0 Å². The van der Waals surface area contributed by atoms with Crippen molar-refractivity contribution < 1.29 is 27.2 Å². The van der Waals surface area contributed by atoms with E-state index in [1.807, 2.05) is 0 Å². The molecule has 5 nitrogen and oxygen atoms in total. The van der Waals surface area contributed by atoms with Gasteiger partial charge in [-0.25, -0.2) is 4.79 Å². The number of carbonyl (C=O) groups is 1. The number of esters is 1. The molecule has 0 fully saturated rings. The van der Waals surface area contributed by atoms with Crippen molar-refractivity contribution in [1.29, 1.82) is 0 Å². The van der Waals surface area contributed by atoms with E-state index in [1.165, 1.54) is 6.07 Å². The first kappa shape index (κ1) is 17.9.